The molecule has 0 fully saturated rings. The number of ether oxygens (including phenoxy) is 1. The van der Waals surface area contributed by atoms with Crippen molar-refractivity contribution in [3.63, 3.8) is 0 Å². The number of carbonyl (C=O) groups excluding carboxylic acids is 2. The first-order chi connectivity index (χ1) is 15.3. The molecule has 4 nitrogen and oxygen atoms in total. The van der Waals surface area contributed by atoms with Gasteiger partial charge < -0.3 is 9.64 Å². The summed E-state index contributed by atoms with van der Waals surface area (Å²) in [5, 5.41) is 0.724. The average Bonchev–Trinajstić information content (AvgIpc) is 2.67. The lowest BCUT2D eigenvalue weighted by molar-refractivity contribution is -0.119. The quantitative estimate of drug-likeness (QED) is 0.469. The molecule has 0 radical (unpaired) electrons. The van der Waals surface area contributed by atoms with E-state index >= 15 is 0 Å². The van der Waals surface area contributed by atoms with Crippen molar-refractivity contribution in [2.75, 3.05) is 13.7 Å². The lowest BCUT2D eigenvalue weighted by atomic mass is 9.63. The highest BCUT2D eigenvalue weighted by Gasteiger charge is 2.49. The topological polar surface area (TPSA) is 46.6 Å². The number of allylic oxidation sites excluding steroid dienone is 4. The molecule has 4 rings (SSSR count). The van der Waals surface area contributed by atoms with Crippen LogP contribution < -0.4 is 4.74 Å². The van der Waals surface area contributed by atoms with Crippen LogP contribution in [-0.2, 0) is 9.59 Å². The van der Waals surface area contributed by atoms with Gasteiger partial charge in [-0.05, 0) is 35.8 Å². The molecule has 2 aliphatic carbocycles. The minimum Gasteiger partial charge on any atom is -0.479 e. The lowest BCUT2D eigenvalue weighted by Gasteiger charge is -2.48. The molecular weight excluding hydrogens is 457 g/mol. The van der Waals surface area contributed by atoms with Crippen molar-refractivity contribution >= 4 is 34.8 Å². The standard InChI is InChI=1S/C27H29Cl2NO3/c1-7-8-33-25-16(9-15(28)10-17(25)29)22-23-18(11-26(2,3)13-20(23)31)30(6)19-12-27(4,5)14-21(32)24(19)22/h1,9-10,22H,8,11-14H2,2-6H3. The summed E-state index contributed by atoms with van der Waals surface area (Å²) < 4.78 is 5.86. The zero-order valence-corrected chi connectivity index (χ0v) is 21.3. The lowest BCUT2D eigenvalue weighted by Crippen LogP contribution is -2.43. The van der Waals surface area contributed by atoms with Gasteiger partial charge in [0, 0.05) is 58.9 Å². The Morgan fingerprint density at radius 3 is 2.00 bits per heavy atom. The molecule has 174 valence electrons. The molecule has 0 N–H and O–H groups in total. The zero-order valence-electron chi connectivity index (χ0n) is 19.8. The minimum atomic E-state index is -0.581. The second-order valence-corrected chi connectivity index (χ2v) is 11.7. The van der Waals surface area contributed by atoms with Crippen molar-refractivity contribution in [2.24, 2.45) is 10.8 Å². The summed E-state index contributed by atoms with van der Waals surface area (Å²) in [5.74, 6) is 2.35. The van der Waals surface area contributed by atoms with Gasteiger partial charge in [0.15, 0.2) is 11.6 Å². The fraction of sp³-hybridized carbons (Fsp3) is 0.481. The molecule has 1 aromatic rings. The normalized spacial score (nSPS) is 22.2. The van der Waals surface area contributed by atoms with Crippen molar-refractivity contribution < 1.29 is 14.3 Å². The summed E-state index contributed by atoms with van der Waals surface area (Å²) in [5.41, 5.74) is 3.50. The van der Waals surface area contributed by atoms with E-state index < -0.39 is 5.92 Å². The smallest absolute Gasteiger partial charge is 0.162 e. The fourth-order valence-corrected chi connectivity index (χ4v) is 6.10. The molecule has 33 heavy (non-hydrogen) atoms. The first-order valence-corrected chi connectivity index (χ1v) is 11.9. The summed E-state index contributed by atoms with van der Waals surface area (Å²) in [4.78, 5) is 29.3. The molecule has 1 aromatic carbocycles. The predicted molar refractivity (Wildman–Crippen MR) is 131 cm³/mol. The molecule has 6 heteroatoms. The van der Waals surface area contributed by atoms with Crippen LogP contribution in [0, 0.1) is 23.2 Å². The number of ketones is 2. The summed E-state index contributed by atoms with van der Waals surface area (Å²) in [6.45, 7) is 8.44. The van der Waals surface area contributed by atoms with E-state index in [0.717, 1.165) is 24.2 Å². The number of hydrogen-bond donors (Lipinski definition) is 0. The molecule has 0 atom stereocenters. The van der Waals surface area contributed by atoms with Crippen molar-refractivity contribution in [2.45, 2.75) is 59.3 Å². The third-order valence-electron chi connectivity index (χ3n) is 6.83. The number of rotatable bonds is 3. The first-order valence-electron chi connectivity index (χ1n) is 11.2. The summed E-state index contributed by atoms with van der Waals surface area (Å²) in [6.07, 6.45) is 7.74. The minimum absolute atomic E-state index is 0.0146. The monoisotopic (exact) mass is 485 g/mol. The van der Waals surface area contributed by atoms with Crippen molar-refractivity contribution in [1.29, 1.82) is 0 Å². The summed E-state index contributed by atoms with van der Waals surface area (Å²) in [7, 11) is 1.98. The summed E-state index contributed by atoms with van der Waals surface area (Å²) >= 11 is 13.0. The number of nitrogens with zero attached hydrogens (tertiary/aromatic N) is 1. The van der Waals surface area contributed by atoms with Crippen LogP contribution in [0.4, 0.5) is 0 Å². The van der Waals surface area contributed by atoms with Gasteiger partial charge in [0.05, 0.1) is 5.02 Å². The molecule has 1 aliphatic heterocycles. The van der Waals surface area contributed by atoms with Gasteiger partial charge in [0.1, 0.15) is 12.4 Å². The Balaban J connectivity index is 2.03. The van der Waals surface area contributed by atoms with E-state index in [1.54, 1.807) is 12.1 Å². The van der Waals surface area contributed by atoms with E-state index in [1.807, 2.05) is 7.05 Å². The van der Waals surface area contributed by atoms with Crippen LogP contribution in [0.3, 0.4) is 0 Å². The van der Waals surface area contributed by atoms with Crippen LogP contribution in [0.1, 0.15) is 64.9 Å². The molecule has 0 saturated carbocycles. The summed E-state index contributed by atoms with van der Waals surface area (Å²) in [6, 6.07) is 3.35. The van der Waals surface area contributed by atoms with Crippen LogP contribution in [0.25, 0.3) is 0 Å². The van der Waals surface area contributed by atoms with Crippen molar-refractivity contribution in [1.82, 2.24) is 4.90 Å². The molecular formula is C27H29Cl2NO3. The molecule has 1 heterocycles. The van der Waals surface area contributed by atoms with Crippen LogP contribution >= 0.6 is 23.2 Å². The second kappa shape index (κ2) is 8.22. The highest BCUT2D eigenvalue weighted by molar-refractivity contribution is 6.35. The second-order valence-electron chi connectivity index (χ2n) is 10.9. The van der Waals surface area contributed by atoms with E-state index in [1.165, 1.54) is 0 Å². The van der Waals surface area contributed by atoms with E-state index in [2.05, 4.69) is 38.5 Å². The van der Waals surface area contributed by atoms with Gasteiger partial charge in [-0.1, -0.05) is 56.8 Å². The maximum Gasteiger partial charge on any atom is 0.162 e. The van der Waals surface area contributed by atoms with Gasteiger partial charge in [-0.15, -0.1) is 6.42 Å². The Bertz CT molecular complexity index is 1110. The average molecular weight is 486 g/mol. The molecule has 3 aliphatic rings. The number of benzene rings is 1. The van der Waals surface area contributed by atoms with Gasteiger partial charge in [-0.25, -0.2) is 0 Å². The highest BCUT2D eigenvalue weighted by Crippen LogP contribution is 2.55. The third kappa shape index (κ3) is 4.22. The Labute approximate surface area is 206 Å². The van der Waals surface area contributed by atoms with Crippen LogP contribution in [0.15, 0.2) is 34.7 Å². The maximum absolute atomic E-state index is 13.6. The van der Waals surface area contributed by atoms with Crippen LogP contribution in [0.2, 0.25) is 10.0 Å². The maximum atomic E-state index is 13.6. The van der Waals surface area contributed by atoms with E-state index in [0.29, 0.717) is 45.3 Å². The zero-order chi connectivity index (χ0) is 24.3. The predicted octanol–water partition coefficient (Wildman–Crippen LogP) is 6.32. The number of Topliss-reactive ketones (excluding diaryl/α,β-unsaturated/α-hetero) is 2. The Morgan fingerprint density at radius 1 is 1.00 bits per heavy atom. The first kappa shape index (κ1) is 23.9. The van der Waals surface area contributed by atoms with Crippen LogP contribution in [0.5, 0.6) is 5.75 Å². The molecule has 0 bridgehead atoms. The van der Waals surface area contributed by atoms with E-state index in [4.69, 9.17) is 34.4 Å². The fourth-order valence-electron chi connectivity index (χ4n) is 5.54. The van der Waals surface area contributed by atoms with Gasteiger partial charge in [0.2, 0.25) is 0 Å². The molecule has 0 aromatic heterocycles. The highest BCUT2D eigenvalue weighted by atomic mass is 35.5. The Kier molecular flexibility index (Phi) is 5.96. The number of hydrogen-bond acceptors (Lipinski definition) is 4. The van der Waals surface area contributed by atoms with Crippen molar-refractivity contribution in [3.05, 3.63) is 50.3 Å². The van der Waals surface area contributed by atoms with E-state index in [9.17, 15) is 9.59 Å². The van der Waals surface area contributed by atoms with Gasteiger partial charge in [-0.2, -0.15) is 0 Å². The largest absolute Gasteiger partial charge is 0.479 e. The number of carbonyl (C=O) groups is 2. The number of terminal acetylenes is 1. The molecule has 0 unspecified atom stereocenters. The Hall–Kier alpha value is -2.22. The molecule has 0 saturated heterocycles. The van der Waals surface area contributed by atoms with Crippen LogP contribution in [-0.4, -0.2) is 30.1 Å². The molecule has 0 spiro atoms. The van der Waals surface area contributed by atoms with Gasteiger partial charge >= 0.3 is 0 Å². The third-order valence-corrected chi connectivity index (χ3v) is 7.33. The van der Waals surface area contributed by atoms with E-state index in [-0.39, 0.29) is 29.0 Å². The van der Waals surface area contributed by atoms with Gasteiger partial charge in [-0.3, -0.25) is 9.59 Å². The number of halogens is 2. The molecule has 0 amide bonds. The van der Waals surface area contributed by atoms with Gasteiger partial charge in [0.25, 0.3) is 0 Å². The van der Waals surface area contributed by atoms with Crippen molar-refractivity contribution in [3.8, 4) is 18.1 Å². The Morgan fingerprint density at radius 2 is 1.52 bits per heavy atom. The SMILES string of the molecule is C#CCOc1c(Cl)cc(Cl)cc1C1C2=C(CC(C)(C)CC2=O)N(C)C2=C1C(=O)CC(C)(C)C2.